The molecule has 1 fully saturated rings. The van der Waals surface area contributed by atoms with E-state index in [0.29, 0.717) is 30.1 Å². The third kappa shape index (κ3) is 5.16. The van der Waals surface area contributed by atoms with Gasteiger partial charge in [0.15, 0.2) is 0 Å². The molecular formula is C21H27N5O4. The van der Waals surface area contributed by atoms with Gasteiger partial charge in [-0.1, -0.05) is 0 Å². The standard InChI is InChI=1S/C21H27N5O4/c1-13(2)30-18-7-6-14(19(27)29-3)11-17(18)25-21(28)26-10-4-5-15(12-26)16-8-9-23-20(22)24-16/h6-9,11,13,15H,4-5,10,12H2,1-3H3,(H,25,28)(H2,22,23,24). The molecule has 160 valence electrons. The van der Waals surface area contributed by atoms with E-state index < -0.39 is 5.97 Å². The van der Waals surface area contributed by atoms with Crippen LogP contribution in [0.3, 0.4) is 0 Å². The van der Waals surface area contributed by atoms with Crippen molar-refractivity contribution in [3.05, 3.63) is 41.7 Å². The van der Waals surface area contributed by atoms with Crippen LogP contribution in [0.2, 0.25) is 0 Å². The van der Waals surface area contributed by atoms with Crippen molar-refractivity contribution in [3.8, 4) is 5.75 Å². The number of benzene rings is 1. The molecule has 1 aliphatic rings. The van der Waals surface area contributed by atoms with Crippen LogP contribution in [0.5, 0.6) is 5.75 Å². The van der Waals surface area contributed by atoms with Gasteiger partial charge >= 0.3 is 12.0 Å². The molecule has 2 aromatic rings. The monoisotopic (exact) mass is 413 g/mol. The lowest BCUT2D eigenvalue weighted by molar-refractivity contribution is 0.0600. The molecule has 1 unspecified atom stereocenters. The van der Waals surface area contributed by atoms with Gasteiger partial charge in [0, 0.05) is 25.2 Å². The number of carbonyl (C=O) groups is 2. The number of esters is 1. The van der Waals surface area contributed by atoms with Crippen molar-refractivity contribution in [2.75, 3.05) is 31.2 Å². The smallest absolute Gasteiger partial charge is 0.337 e. The number of aromatic nitrogens is 2. The normalized spacial score (nSPS) is 16.3. The van der Waals surface area contributed by atoms with Gasteiger partial charge in [-0.25, -0.2) is 19.6 Å². The number of nitrogens with one attached hydrogen (secondary N) is 1. The van der Waals surface area contributed by atoms with E-state index in [0.717, 1.165) is 18.5 Å². The fourth-order valence-corrected chi connectivity index (χ4v) is 3.44. The summed E-state index contributed by atoms with van der Waals surface area (Å²) in [5.41, 5.74) is 7.28. The van der Waals surface area contributed by atoms with Crippen molar-refractivity contribution in [2.24, 2.45) is 0 Å². The molecule has 2 amide bonds. The number of urea groups is 1. The quantitative estimate of drug-likeness (QED) is 0.723. The number of hydrogen-bond acceptors (Lipinski definition) is 7. The molecule has 0 radical (unpaired) electrons. The number of ether oxygens (including phenoxy) is 2. The Bertz CT molecular complexity index is 918. The number of piperidine rings is 1. The maximum Gasteiger partial charge on any atom is 0.337 e. The van der Waals surface area contributed by atoms with Crippen molar-refractivity contribution in [3.63, 3.8) is 0 Å². The van der Waals surface area contributed by atoms with E-state index in [1.165, 1.54) is 7.11 Å². The highest BCUT2D eigenvalue weighted by molar-refractivity contribution is 5.95. The first-order chi connectivity index (χ1) is 14.4. The van der Waals surface area contributed by atoms with Crippen LogP contribution in [0.4, 0.5) is 16.4 Å². The summed E-state index contributed by atoms with van der Waals surface area (Å²) < 4.78 is 10.6. The second-order valence-electron chi connectivity index (χ2n) is 7.42. The fraction of sp³-hybridized carbons (Fsp3) is 0.429. The summed E-state index contributed by atoms with van der Waals surface area (Å²) in [6.07, 6.45) is 3.30. The minimum atomic E-state index is -0.485. The van der Waals surface area contributed by atoms with E-state index in [4.69, 9.17) is 15.2 Å². The van der Waals surface area contributed by atoms with Gasteiger partial charge in [-0.3, -0.25) is 0 Å². The lowest BCUT2D eigenvalue weighted by atomic mass is 9.95. The number of methoxy groups -OCH3 is 1. The van der Waals surface area contributed by atoms with E-state index >= 15 is 0 Å². The van der Waals surface area contributed by atoms with Crippen LogP contribution in [0.15, 0.2) is 30.5 Å². The highest BCUT2D eigenvalue weighted by Gasteiger charge is 2.26. The molecule has 3 N–H and O–H groups in total. The number of anilines is 2. The van der Waals surface area contributed by atoms with E-state index in [9.17, 15) is 9.59 Å². The van der Waals surface area contributed by atoms with E-state index in [1.807, 2.05) is 19.9 Å². The topological polar surface area (TPSA) is 120 Å². The van der Waals surface area contributed by atoms with Gasteiger partial charge in [0.05, 0.1) is 30.2 Å². The SMILES string of the molecule is COC(=O)c1ccc(OC(C)C)c(NC(=O)N2CCCC(c3ccnc(N)n3)C2)c1. The second-order valence-corrected chi connectivity index (χ2v) is 7.42. The molecule has 0 aliphatic carbocycles. The average molecular weight is 413 g/mol. The maximum absolute atomic E-state index is 13.0. The Labute approximate surface area is 175 Å². The van der Waals surface area contributed by atoms with Crippen LogP contribution < -0.4 is 15.8 Å². The van der Waals surface area contributed by atoms with Gasteiger partial charge in [0.2, 0.25) is 5.95 Å². The minimum absolute atomic E-state index is 0.0857. The molecule has 30 heavy (non-hydrogen) atoms. The lowest BCUT2D eigenvalue weighted by Gasteiger charge is -2.32. The Hall–Kier alpha value is -3.36. The number of carbonyl (C=O) groups excluding carboxylic acids is 2. The van der Waals surface area contributed by atoms with Gasteiger partial charge in [0.25, 0.3) is 0 Å². The molecular weight excluding hydrogens is 386 g/mol. The highest BCUT2D eigenvalue weighted by Crippen LogP contribution is 2.30. The molecule has 1 aliphatic heterocycles. The Balaban J connectivity index is 1.77. The van der Waals surface area contributed by atoms with Crippen molar-refractivity contribution >= 4 is 23.6 Å². The molecule has 3 rings (SSSR count). The largest absolute Gasteiger partial charge is 0.489 e. The first kappa shape index (κ1) is 21.4. The number of nitrogens with two attached hydrogens (primary N) is 1. The van der Waals surface area contributed by atoms with Crippen LogP contribution in [-0.4, -0.2) is 53.2 Å². The summed E-state index contributed by atoms with van der Waals surface area (Å²) in [7, 11) is 1.31. The first-order valence-electron chi connectivity index (χ1n) is 9.90. The van der Waals surface area contributed by atoms with E-state index in [-0.39, 0.29) is 24.0 Å². The lowest BCUT2D eigenvalue weighted by Crippen LogP contribution is -2.42. The van der Waals surface area contributed by atoms with Gasteiger partial charge in [-0.05, 0) is 51.0 Å². The van der Waals surface area contributed by atoms with Gasteiger partial charge in [-0.15, -0.1) is 0 Å². The third-order valence-electron chi connectivity index (χ3n) is 4.83. The number of amides is 2. The molecule has 0 spiro atoms. The minimum Gasteiger partial charge on any atom is -0.489 e. The van der Waals surface area contributed by atoms with Gasteiger partial charge < -0.3 is 25.4 Å². The molecule has 1 atom stereocenters. The Kier molecular flexibility index (Phi) is 6.71. The summed E-state index contributed by atoms with van der Waals surface area (Å²) in [6.45, 7) is 4.92. The molecule has 1 aromatic heterocycles. The van der Waals surface area contributed by atoms with Crippen molar-refractivity contribution < 1.29 is 19.1 Å². The Morgan fingerprint density at radius 2 is 2.10 bits per heavy atom. The highest BCUT2D eigenvalue weighted by atomic mass is 16.5. The van der Waals surface area contributed by atoms with Crippen molar-refractivity contribution in [1.29, 1.82) is 0 Å². The van der Waals surface area contributed by atoms with Crippen LogP contribution in [0, 0.1) is 0 Å². The maximum atomic E-state index is 13.0. The van der Waals surface area contributed by atoms with Crippen LogP contribution in [0.1, 0.15) is 48.7 Å². The first-order valence-corrected chi connectivity index (χ1v) is 9.90. The Morgan fingerprint density at radius 3 is 2.80 bits per heavy atom. The molecule has 0 saturated carbocycles. The van der Waals surface area contributed by atoms with Crippen molar-refractivity contribution in [2.45, 2.75) is 38.7 Å². The molecule has 9 nitrogen and oxygen atoms in total. The van der Waals surface area contributed by atoms with Gasteiger partial charge in [-0.2, -0.15) is 0 Å². The number of rotatable bonds is 5. The molecule has 9 heteroatoms. The van der Waals surface area contributed by atoms with E-state index in [1.54, 1.807) is 29.3 Å². The predicted octanol–water partition coefficient (Wildman–Crippen LogP) is 3.04. The van der Waals surface area contributed by atoms with Crippen molar-refractivity contribution in [1.82, 2.24) is 14.9 Å². The zero-order valence-electron chi connectivity index (χ0n) is 17.4. The molecule has 2 heterocycles. The van der Waals surface area contributed by atoms with Gasteiger partial charge in [0.1, 0.15) is 5.75 Å². The van der Waals surface area contributed by atoms with Crippen LogP contribution in [-0.2, 0) is 4.74 Å². The summed E-state index contributed by atoms with van der Waals surface area (Å²) in [6, 6.07) is 6.39. The number of nitrogen functional groups attached to an aromatic ring is 1. The number of nitrogens with zero attached hydrogens (tertiary/aromatic N) is 3. The molecule has 1 aromatic carbocycles. The summed E-state index contributed by atoms with van der Waals surface area (Å²) in [5, 5.41) is 2.89. The Morgan fingerprint density at radius 1 is 1.30 bits per heavy atom. The average Bonchev–Trinajstić information content (AvgIpc) is 2.74. The molecule has 0 bridgehead atoms. The number of hydrogen-bond donors (Lipinski definition) is 2. The van der Waals surface area contributed by atoms with Crippen LogP contribution in [0.25, 0.3) is 0 Å². The third-order valence-corrected chi connectivity index (χ3v) is 4.83. The number of likely N-dealkylation sites (tertiary alicyclic amines) is 1. The van der Waals surface area contributed by atoms with E-state index in [2.05, 4.69) is 15.3 Å². The summed E-state index contributed by atoms with van der Waals surface area (Å²) in [4.78, 5) is 34.9. The zero-order valence-corrected chi connectivity index (χ0v) is 17.4. The predicted molar refractivity (Wildman–Crippen MR) is 113 cm³/mol. The summed E-state index contributed by atoms with van der Waals surface area (Å²) in [5.74, 6) is 0.316. The summed E-state index contributed by atoms with van der Waals surface area (Å²) >= 11 is 0. The van der Waals surface area contributed by atoms with Crippen LogP contribution >= 0.6 is 0 Å². The second kappa shape index (κ2) is 9.43. The zero-order chi connectivity index (χ0) is 21.7. The fourth-order valence-electron chi connectivity index (χ4n) is 3.44. The molecule has 1 saturated heterocycles.